The van der Waals surface area contributed by atoms with E-state index >= 15 is 0 Å². The van der Waals surface area contributed by atoms with Gasteiger partial charge in [0.25, 0.3) is 0 Å². The molecule has 0 bridgehead atoms. The van der Waals surface area contributed by atoms with Crippen molar-refractivity contribution in [3.63, 3.8) is 0 Å². The quantitative estimate of drug-likeness (QED) is 0.102. The molecule has 0 spiro atoms. The number of hydrogen-bond acceptors (Lipinski definition) is 12. The first-order valence-corrected chi connectivity index (χ1v) is 15.3. The maximum absolute atomic E-state index is 12.6. The minimum absolute atomic E-state index is 0.0175. The SMILES string of the molecule is COc1cc(-c2c([Se]c3ccc(OC)c([N+](=O)[O-])c3-c3cc(OC)c(OC)c(OC)c3)ccc(OC)c2[N+](=O)[O-])cc(OC)c1OC. The second-order valence-corrected chi connectivity index (χ2v) is 11.7. The van der Waals surface area contributed by atoms with E-state index in [4.69, 9.17) is 37.9 Å². The molecule has 0 fully saturated rings. The van der Waals surface area contributed by atoms with Crippen LogP contribution in [0.15, 0.2) is 48.5 Å². The third-order valence-electron chi connectivity index (χ3n) is 7.14. The van der Waals surface area contributed by atoms with Gasteiger partial charge in [0.15, 0.2) is 0 Å². The molecule has 0 heterocycles. The average molecular weight is 716 g/mol. The van der Waals surface area contributed by atoms with Gasteiger partial charge in [-0.1, -0.05) is 0 Å². The molecule has 0 saturated carbocycles. The van der Waals surface area contributed by atoms with E-state index in [1.807, 2.05) is 0 Å². The van der Waals surface area contributed by atoms with Crippen LogP contribution in [0.1, 0.15) is 0 Å². The van der Waals surface area contributed by atoms with E-state index in [2.05, 4.69) is 0 Å². The van der Waals surface area contributed by atoms with Crippen molar-refractivity contribution >= 4 is 35.3 Å². The fourth-order valence-corrected chi connectivity index (χ4v) is 7.49. The van der Waals surface area contributed by atoms with E-state index in [0.717, 1.165) is 0 Å². The van der Waals surface area contributed by atoms with Gasteiger partial charge in [-0.05, 0) is 0 Å². The summed E-state index contributed by atoms with van der Waals surface area (Å²) in [5.74, 6) is 1.73. The predicted octanol–water partition coefficient (Wildman–Crippen LogP) is 4.56. The van der Waals surface area contributed by atoms with Crippen LogP contribution in [0, 0.1) is 20.2 Å². The summed E-state index contributed by atoms with van der Waals surface area (Å²) in [5, 5.41) is 25.3. The summed E-state index contributed by atoms with van der Waals surface area (Å²) in [4.78, 5) is 24.2. The van der Waals surface area contributed by atoms with Crippen molar-refractivity contribution in [2.45, 2.75) is 0 Å². The Morgan fingerprint density at radius 2 is 0.766 bits per heavy atom. The third kappa shape index (κ3) is 6.48. The van der Waals surface area contributed by atoms with E-state index in [9.17, 15) is 20.2 Å². The Labute approximate surface area is 276 Å². The van der Waals surface area contributed by atoms with Crippen molar-refractivity contribution in [3.05, 3.63) is 68.8 Å². The molecular weight excluding hydrogens is 683 g/mol. The Hall–Kier alpha value is -5.40. The van der Waals surface area contributed by atoms with Crippen LogP contribution in [0.3, 0.4) is 0 Å². The normalized spacial score (nSPS) is 10.6. The molecule has 4 aromatic carbocycles. The van der Waals surface area contributed by atoms with E-state index in [0.29, 0.717) is 31.5 Å². The standard InChI is InChI=1S/C32H32N2O12Se/c1-39-19-9-11-25(27(29(19)33(35)36)17-13-21(41-3)31(45-7)22(14-17)42-4)47-26-12-10-20(40-2)30(34(37)38)28(26)18-15-23(43-5)32(46-8)24(16-18)44-6/h9-16H,1-8H3. The van der Waals surface area contributed by atoms with Crippen LogP contribution in [-0.4, -0.2) is 81.7 Å². The van der Waals surface area contributed by atoms with Crippen molar-refractivity contribution in [2.24, 2.45) is 0 Å². The van der Waals surface area contributed by atoms with Gasteiger partial charge in [0.05, 0.1) is 0 Å². The summed E-state index contributed by atoms with van der Waals surface area (Å²) in [7, 11) is 11.3. The molecule has 47 heavy (non-hydrogen) atoms. The van der Waals surface area contributed by atoms with Gasteiger partial charge in [0, 0.05) is 0 Å². The van der Waals surface area contributed by atoms with Crippen LogP contribution < -0.4 is 46.8 Å². The van der Waals surface area contributed by atoms with Crippen LogP contribution >= 0.6 is 0 Å². The van der Waals surface area contributed by atoms with Gasteiger partial charge in [-0.15, -0.1) is 0 Å². The molecule has 0 aromatic heterocycles. The van der Waals surface area contributed by atoms with Crippen molar-refractivity contribution in [2.75, 3.05) is 56.9 Å². The van der Waals surface area contributed by atoms with E-state index in [-0.39, 0.29) is 57.0 Å². The number of ether oxygens (including phenoxy) is 8. The van der Waals surface area contributed by atoms with Gasteiger partial charge in [-0.3, -0.25) is 0 Å². The fraction of sp³-hybridized carbons (Fsp3) is 0.250. The minimum atomic E-state index is -0.806. The molecule has 0 amide bonds. The van der Waals surface area contributed by atoms with E-state index in [1.165, 1.54) is 69.0 Å². The molecule has 0 aliphatic heterocycles. The molecule has 15 heteroatoms. The number of nitro groups is 2. The van der Waals surface area contributed by atoms with Gasteiger partial charge in [-0.2, -0.15) is 0 Å². The molecule has 0 atom stereocenters. The molecule has 0 N–H and O–H groups in total. The molecule has 0 aliphatic rings. The van der Waals surface area contributed by atoms with Crippen LogP contribution in [0.5, 0.6) is 46.0 Å². The van der Waals surface area contributed by atoms with Crippen LogP contribution in [0.25, 0.3) is 22.3 Å². The molecule has 0 radical (unpaired) electrons. The van der Waals surface area contributed by atoms with Gasteiger partial charge < -0.3 is 0 Å². The zero-order valence-electron chi connectivity index (χ0n) is 26.8. The Morgan fingerprint density at radius 1 is 0.468 bits per heavy atom. The maximum atomic E-state index is 12.6. The number of rotatable bonds is 14. The fourth-order valence-electron chi connectivity index (χ4n) is 5.10. The Morgan fingerprint density at radius 3 is 1.00 bits per heavy atom. The first-order chi connectivity index (χ1) is 22.6. The first kappa shape index (κ1) is 34.5. The summed E-state index contributed by atoms with van der Waals surface area (Å²) in [6.45, 7) is 0. The predicted molar refractivity (Wildman–Crippen MR) is 175 cm³/mol. The summed E-state index contributed by atoms with van der Waals surface area (Å²) >= 11 is -0.806. The number of methoxy groups -OCH3 is 8. The van der Waals surface area contributed by atoms with E-state index < -0.39 is 24.8 Å². The molecule has 14 nitrogen and oxygen atoms in total. The van der Waals surface area contributed by atoms with E-state index in [1.54, 1.807) is 36.4 Å². The second kappa shape index (κ2) is 14.8. The summed E-state index contributed by atoms with van der Waals surface area (Å²) in [6.07, 6.45) is 0. The zero-order chi connectivity index (χ0) is 34.4. The van der Waals surface area contributed by atoms with Crippen molar-refractivity contribution in [3.8, 4) is 68.2 Å². The Kier molecular flexibility index (Phi) is 10.9. The number of nitro benzene ring substituents is 2. The number of benzene rings is 4. The van der Waals surface area contributed by atoms with Crippen molar-refractivity contribution < 1.29 is 47.7 Å². The van der Waals surface area contributed by atoms with Crippen LogP contribution in [-0.2, 0) is 0 Å². The van der Waals surface area contributed by atoms with Crippen LogP contribution in [0.4, 0.5) is 11.4 Å². The number of hydrogen-bond donors (Lipinski definition) is 0. The van der Waals surface area contributed by atoms with Crippen molar-refractivity contribution in [1.29, 1.82) is 0 Å². The third-order valence-corrected chi connectivity index (χ3v) is 9.49. The molecular formula is C32H32N2O12Se. The Bertz CT molecular complexity index is 1650. The second-order valence-electron chi connectivity index (χ2n) is 9.42. The molecule has 248 valence electrons. The monoisotopic (exact) mass is 716 g/mol. The van der Waals surface area contributed by atoms with Gasteiger partial charge >= 0.3 is 277 Å². The first-order valence-electron chi connectivity index (χ1n) is 13.6. The van der Waals surface area contributed by atoms with Gasteiger partial charge in [0.1, 0.15) is 0 Å². The van der Waals surface area contributed by atoms with Crippen LogP contribution in [0.2, 0.25) is 0 Å². The van der Waals surface area contributed by atoms with Gasteiger partial charge in [-0.25, -0.2) is 0 Å². The summed E-state index contributed by atoms with van der Waals surface area (Å²) < 4.78 is 44.9. The zero-order valence-corrected chi connectivity index (χ0v) is 28.5. The van der Waals surface area contributed by atoms with Gasteiger partial charge in [0.2, 0.25) is 0 Å². The molecule has 4 aromatic rings. The van der Waals surface area contributed by atoms with Crippen molar-refractivity contribution in [1.82, 2.24) is 0 Å². The average Bonchev–Trinajstić information content (AvgIpc) is 3.09. The molecule has 0 aliphatic carbocycles. The molecule has 0 unspecified atom stereocenters. The number of nitrogens with zero attached hydrogens (tertiary/aromatic N) is 2. The summed E-state index contributed by atoms with van der Waals surface area (Å²) in [6, 6.07) is 12.8. The Balaban J connectivity index is 2.11. The molecule has 0 saturated heterocycles. The topological polar surface area (TPSA) is 160 Å². The molecule has 4 rings (SSSR count). The summed E-state index contributed by atoms with van der Waals surface area (Å²) in [5.41, 5.74) is 0.557.